The number of nitrogens with two attached hydrogens (primary N) is 2. The molecule has 0 aliphatic heterocycles. The van der Waals surface area contributed by atoms with Gasteiger partial charge in [0.1, 0.15) is 10.8 Å². The Morgan fingerprint density at radius 1 is 1.31 bits per heavy atom. The molecule has 0 amide bonds. The standard InChI is InChI=1S/C9H9N5OS/c10-5-1-2-12-8(3-5)16-9-13-6(11)4-7(15)14-9/h1-4H,(H2,10,12)(H3,11,13,14,15). The van der Waals surface area contributed by atoms with Crippen molar-refractivity contribution in [3.63, 3.8) is 0 Å². The van der Waals surface area contributed by atoms with E-state index in [1.54, 1.807) is 18.3 Å². The van der Waals surface area contributed by atoms with Crippen LogP contribution in [0.3, 0.4) is 0 Å². The van der Waals surface area contributed by atoms with Crippen LogP contribution in [0.1, 0.15) is 0 Å². The molecule has 0 aliphatic rings. The number of hydrogen-bond acceptors (Lipinski definition) is 6. The van der Waals surface area contributed by atoms with Crippen LogP contribution >= 0.6 is 11.8 Å². The van der Waals surface area contributed by atoms with Crippen molar-refractivity contribution >= 4 is 23.3 Å². The summed E-state index contributed by atoms with van der Waals surface area (Å²) in [6.07, 6.45) is 1.59. The summed E-state index contributed by atoms with van der Waals surface area (Å²) in [5.74, 6) is 0.176. The normalized spacial score (nSPS) is 10.2. The highest BCUT2D eigenvalue weighted by Crippen LogP contribution is 2.23. The van der Waals surface area contributed by atoms with Crippen LogP contribution in [0.2, 0.25) is 0 Å². The summed E-state index contributed by atoms with van der Waals surface area (Å²) in [5, 5.41) is 1.04. The summed E-state index contributed by atoms with van der Waals surface area (Å²) >= 11 is 1.19. The molecule has 0 aliphatic carbocycles. The lowest BCUT2D eigenvalue weighted by molar-refractivity contribution is 0.940. The van der Waals surface area contributed by atoms with Crippen molar-refractivity contribution in [3.8, 4) is 0 Å². The molecule has 2 aromatic heterocycles. The number of nitrogens with one attached hydrogen (secondary N) is 1. The van der Waals surface area contributed by atoms with Gasteiger partial charge in [-0.25, -0.2) is 9.97 Å². The van der Waals surface area contributed by atoms with Crippen LogP contribution in [0.25, 0.3) is 0 Å². The Morgan fingerprint density at radius 2 is 2.12 bits per heavy atom. The van der Waals surface area contributed by atoms with Gasteiger partial charge in [0.05, 0.1) is 0 Å². The van der Waals surface area contributed by atoms with Gasteiger partial charge in [-0.15, -0.1) is 0 Å². The van der Waals surface area contributed by atoms with Gasteiger partial charge in [-0.05, 0) is 23.9 Å². The molecule has 0 saturated carbocycles. The van der Waals surface area contributed by atoms with Crippen LogP contribution in [-0.2, 0) is 0 Å². The molecule has 0 unspecified atom stereocenters. The Morgan fingerprint density at radius 3 is 2.81 bits per heavy atom. The fraction of sp³-hybridized carbons (Fsp3) is 0. The van der Waals surface area contributed by atoms with Crippen molar-refractivity contribution in [2.45, 2.75) is 10.2 Å². The molecule has 0 fully saturated rings. The van der Waals surface area contributed by atoms with Crippen molar-refractivity contribution in [1.82, 2.24) is 15.0 Å². The fourth-order valence-electron chi connectivity index (χ4n) is 1.08. The largest absolute Gasteiger partial charge is 0.399 e. The highest BCUT2D eigenvalue weighted by atomic mass is 32.2. The first-order chi connectivity index (χ1) is 7.63. The maximum absolute atomic E-state index is 11.1. The molecular weight excluding hydrogens is 226 g/mol. The highest BCUT2D eigenvalue weighted by Gasteiger charge is 2.03. The topological polar surface area (TPSA) is 111 Å². The van der Waals surface area contributed by atoms with E-state index < -0.39 is 0 Å². The predicted octanol–water partition coefficient (Wildman–Crippen LogP) is 0.480. The lowest BCUT2D eigenvalue weighted by atomic mass is 10.4. The van der Waals surface area contributed by atoms with Gasteiger partial charge in [0.15, 0.2) is 5.16 Å². The Kier molecular flexibility index (Phi) is 2.78. The summed E-state index contributed by atoms with van der Waals surface area (Å²) in [7, 11) is 0. The lowest BCUT2D eigenvalue weighted by Gasteiger charge is -2.01. The van der Waals surface area contributed by atoms with E-state index in [4.69, 9.17) is 11.5 Å². The van der Waals surface area contributed by atoms with Gasteiger partial charge in [0, 0.05) is 18.0 Å². The van der Waals surface area contributed by atoms with Crippen molar-refractivity contribution in [2.75, 3.05) is 11.5 Å². The molecule has 0 atom stereocenters. The molecule has 16 heavy (non-hydrogen) atoms. The maximum Gasteiger partial charge on any atom is 0.253 e. The summed E-state index contributed by atoms with van der Waals surface area (Å²) in [4.78, 5) is 21.7. The second-order valence-corrected chi connectivity index (χ2v) is 4.01. The monoisotopic (exact) mass is 235 g/mol. The number of rotatable bonds is 2. The number of aromatic nitrogens is 3. The van der Waals surface area contributed by atoms with Gasteiger partial charge in [0.2, 0.25) is 0 Å². The van der Waals surface area contributed by atoms with E-state index >= 15 is 0 Å². The molecular formula is C9H9N5OS. The first-order valence-corrected chi connectivity index (χ1v) is 5.21. The average molecular weight is 235 g/mol. The van der Waals surface area contributed by atoms with Crippen LogP contribution in [0.15, 0.2) is 39.4 Å². The van der Waals surface area contributed by atoms with Crippen LogP contribution in [-0.4, -0.2) is 15.0 Å². The number of anilines is 2. The Balaban J connectivity index is 2.30. The minimum Gasteiger partial charge on any atom is -0.399 e. The molecule has 0 saturated heterocycles. The molecule has 0 bridgehead atoms. The summed E-state index contributed by atoms with van der Waals surface area (Å²) in [6.45, 7) is 0. The van der Waals surface area contributed by atoms with Gasteiger partial charge < -0.3 is 16.5 Å². The van der Waals surface area contributed by atoms with Crippen molar-refractivity contribution in [1.29, 1.82) is 0 Å². The quantitative estimate of drug-likeness (QED) is 0.653. The molecule has 0 spiro atoms. The number of H-pyrrole nitrogens is 1. The van der Waals surface area contributed by atoms with E-state index in [0.29, 0.717) is 15.9 Å². The van der Waals surface area contributed by atoms with E-state index in [1.807, 2.05) is 0 Å². The zero-order chi connectivity index (χ0) is 11.5. The van der Waals surface area contributed by atoms with Gasteiger partial charge in [-0.2, -0.15) is 0 Å². The highest BCUT2D eigenvalue weighted by molar-refractivity contribution is 7.99. The van der Waals surface area contributed by atoms with E-state index in [9.17, 15) is 4.79 Å². The first kappa shape index (κ1) is 10.5. The van der Waals surface area contributed by atoms with Crippen LogP contribution < -0.4 is 17.0 Å². The zero-order valence-electron chi connectivity index (χ0n) is 8.18. The van der Waals surface area contributed by atoms with Crippen molar-refractivity contribution in [3.05, 3.63) is 34.7 Å². The zero-order valence-corrected chi connectivity index (χ0v) is 8.99. The minimum atomic E-state index is -0.293. The lowest BCUT2D eigenvalue weighted by Crippen LogP contribution is -2.09. The number of hydrogen-bond donors (Lipinski definition) is 3. The Bertz CT molecular complexity index is 568. The van der Waals surface area contributed by atoms with Crippen LogP contribution in [0.5, 0.6) is 0 Å². The molecule has 2 rings (SSSR count). The molecule has 5 N–H and O–H groups in total. The molecule has 2 heterocycles. The average Bonchev–Trinajstić information content (AvgIpc) is 2.15. The van der Waals surface area contributed by atoms with E-state index in [0.717, 1.165) is 0 Å². The van der Waals surface area contributed by atoms with Crippen molar-refractivity contribution in [2.24, 2.45) is 0 Å². The molecule has 0 aromatic carbocycles. The Hall–Kier alpha value is -2.02. The third-order valence-corrected chi connectivity index (χ3v) is 2.52. The van der Waals surface area contributed by atoms with Gasteiger partial charge >= 0.3 is 0 Å². The van der Waals surface area contributed by atoms with Gasteiger partial charge in [-0.3, -0.25) is 4.79 Å². The third-order valence-electron chi connectivity index (χ3n) is 1.70. The number of aromatic amines is 1. The Labute approximate surface area is 95.1 Å². The summed E-state index contributed by atoms with van der Waals surface area (Å²) < 4.78 is 0. The van der Waals surface area contributed by atoms with Crippen LogP contribution in [0.4, 0.5) is 11.5 Å². The van der Waals surface area contributed by atoms with Gasteiger partial charge in [0.25, 0.3) is 5.56 Å². The summed E-state index contributed by atoms with van der Waals surface area (Å²) in [5.41, 5.74) is 11.4. The van der Waals surface area contributed by atoms with E-state index in [1.165, 1.54) is 17.8 Å². The molecule has 6 nitrogen and oxygen atoms in total. The maximum atomic E-state index is 11.1. The SMILES string of the molecule is Nc1ccnc(Sc2nc(N)cc(=O)[nH]2)c1. The van der Waals surface area contributed by atoms with Gasteiger partial charge in [-0.1, -0.05) is 0 Å². The van der Waals surface area contributed by atoms with Crippen LogP contribution in [0, 0.1) is 0 Å². The minimum absolute atomic E-state index is 0.176. The van der Waals surface area contributed by atoms with Crippen molar-refractivity contribution < 1.29 is 0 Å². The van der Waals surface area contributed by atoms with E-state index in [-0.39, 0.29) is 11.4 Å². The van der Waals surface area contributed by atoms with E-state index in [2.05, 4.69) is 15.0 Å². The molecule has 82 valence electrons. The fourth-order valence-corrected chi connectivity index (χ4v) is 1.89. The second kappa shape index (κ2) is 4.23. The smallest absolute Gasteiger partial charge is 0.253 e. The molecule has 7 heteroatoms. The number of pyridine rings is 1. The molecule has 0 radical (unpaired) electrons. The summed E-state index contributed by atoms with van der Waals surface area (Å²) in [6, 6.07) is 4.59. The predicted molar refractivity (Wildman–Crippen MR) is 62.0 cm³/mol. The number of nitrogen functional groups attached to an aromatic ring is 2. The second-order valence-electron chi connectivity index (χ2n) is 3.00. The third kappa shape index (κ3) is 2.51. The number of nitrogens with zero attached hydrogens (tertiary/aromatic N) is 2. The molecule has 2 aromatic rings. The first-order valence-electron chi connectivity index (χ1n) is 4.40.